The zero-order chi connectivity index (χ0) is 14.6. The number of hydrogen-bond acceptors (Lipinski definition) is 7. The average molecular weight is 295 g/mol. The minimum atomic E-state index is 0.0227. The van der Waals surface area contributed by atoms with Crippen LogP contribution in [0.3, 0.4) is 0 Å². The minimum absolute atomic E-state index is 0.0227. The lowest BCUT2D eigenvalue weighted by atomic mass is 10.1. The summed E-state index contributed by atoms with van der Waals surface area (Å²) in [4.78, 5) is 4.31. The first-order valence-corrected chi connectivity index (χ1v) is 7.59. The van der Waals surface area contributed by atoms with Crippen molar-refractivity contribution in [1.82, 2.24) is 20.5 Å². The molecule has 6 nitrogen and oxygen atoms in total. The summed E-state index contributed by atoms with van der Waals surface area (Å²) in [5.74, 6) is 0.580. The van der Waals surface area contributed by atoms with E-state index in [1.54, 1.807) is 17.5 Å². The molecule has 1 atom stereocenters. The van der Waals surface area contributed by atoms with Crippen molar-refractivity contribution < 1.29 is 4.42 Å². The highest BCUT2D eigenvalue weighted by molar-refractivity contribution is 7.09. The Morgan fingerprint density at radius 2 is 2.15 bits per heavy atom. The topological polar surface area (TPSA) is 75.9 Å². The van der Waals surface area contributed by atoms with Gasteiger partial charge in [-0.2, -0.15) is 0 Å². The van der Waals surface area contributed by atoms with Crippen LogP contribution in [0.15, 0.2) is 16.0 Å². The second-order valence-corrected chi connectivity index (χ2v) is 6.51. The van der Waals surface area contributed by atoms with Gasteiger partial charge >= 0.3 is 6.01 Å². The van der Waals surface area contributed by atoms with Gasteiger partial charge in [-0.1, -0.05) is 12.0 Å². The van der Waals surface area contributed by atoms with Gasteiger partial charge in [0.05, 0.1) is 12.6 Å². The molecular formula is C13H21N5OS. The molecule has 0 aliphatic heterocycles. The SMILES string of the molecule is CCC(Nc1nnc(CNC(C)(C)C)o1)c1nccs1. The van der Waals surface area contributed by atoms with Gasteiger partial charge in [-0.3, -0.25) is 0 Å². The largest absolute Gasteiger partial charge is 0.407 e. The second kappa shape index (κ2) is 6.32. The molecule has 2 heterocycles. The van der Waals surface area contributed by atoms with Crippen LogP contribution in [0.1, 0.15) is 51.1 Å². The fraction of sp³-hybridized carbons (Fsp3) is 0.615. The maximum Gasteiger partial charge on any atom is 0.316 e. The molecule has 1 unspecified atom stereocenters. The van der Waals surface area contributed by atoms with Crippen molar-refractivity contribution in [3.8, 4) is 0 Å². The Hall–Kier alpha value is -1.47. The van der Waals surface area contributed by atoms with E-state index in [4.69, 9.17) is 4.42 Å². The fourth-order valence-corrected chi connectivity index (χ4v) is 2.39. The molecule has 0 saturated carbocycles. The number of thiazole rings is 1. The molecule has 2 aromatic rings. The van der Waals surface area contributed by atoms with E-state index in [0.717, 1.165) is 11.4 Å². The molecule has 2 rings (SSSR count). The molecule has 0 saturated heterocycles. The van der Waals surface area contributed by atoms with Crippen molar-refractivity contribution in [2.45, 2.75) is 52.2 Å². The Balaban J connectivity index is 1.95. The number of hydrogen-bond donors (Lipinski definition) is 2. The van der Waals surface area contributed by atoms with E-state index in [1.165, 1.54) is 0 Å². The van der Waals surface area contributed by atoms with Crippen LogP contribution in [0.4, 0.5) is 6.01 Å². The second-order valence-electron chi connectivity index (χ2n) is 5.58. The number of nitrogens with zero attached hydrogens (tertiary/aromatic N) is 3. The third kappa shape index (κ3) is 4.28. The predicted octanol–water partition coefficient (Wildman–Crippen LogP) is 2.98. The van der Waals surface area contributed by atoms with Gasteiger partial charge in [0.2, 0.25) is 5.89 Å². The zero-order valence-electron chi connectivity index (χ0n) is 12.3. The summed E-state index contributed by atoms with van der Waals surface area (Å²) in [6.45, 7) is 8.94. The quantitative estimate of drug-likeness (QED) is 0.853. The summed E-state index contributed by atoms with van der Waals surface area (Å²) in [7, 11) is 0. The summed E-state index contributed by atoms with van der Waals surface area (Å²) >= 11 is 1.62. The van der Waals surface area contributed by atoms with Gasteiger partial charge in [-0.25, -0.2) is 4.98 Å². The molecule has 0 spiro atoms. The monoisotopic (exact) mass is 295 g/mol. The van der Waals surface area contributed by atoms with E-state index in [0.29, 0.717) is 18.5 Å². The summed E-state index contributed by atoms with van der Waals surface area (Å²) in [6.07, 6.45) is 2.71. The van der Waals surface area contributed by atoms with E-state index < -0.39 is 0 Å². The van der Waals surface area contributed by atoms with Crippen LogP contribution in [-0.4, -0.2) is 20.7 Å². The van der Waals surface area contributed by atoms with E-state index in [1.807, 2.05) is 5.38 Å². The van der Waals surface area contributed by atoms with Gasteiger partial charge in [0, 0.05) is 17.1 Å². The van der Waals surface area contributed by atoms with Crippen molar-refractivity contribution in [3.63, 3.8) is 0 Å². The molecule has 0 bridgehead atoms. The first kappa shape index (κ1) is 14.9. The normalized spacial score (nSPS) is 13.4. The molecule has 0 aromatic carbocycles. The highest BCUT2D eigenvalue weighted by atomic mass is 32.1. The molecule has 0 fully saturated rings. The number of anilines is 1. The standard InChI is InChI=1S/C13H21N5OS/c1-5-9(11-14-6-7-20-11)16-12-18-17-10(19-12)8-15-13(2,3)4/h6-7,9,15H,5,8H2,1-4H3,(H,16,18). The molecule has 20 heavy (non-hydrogen) atoms. The fourth-order valence-electron chi connectivity index (χ4n) is 1.62. The molecule has 0 aliphatic rings. The minimum Gasteiger partial charge on any atom is -0.407 e. The van der Waals surface area contributed by atoms with E-state index in [2.05, 4.69) is 53.5 Å². The third-order valence-electron chi connectivity index (χ3n) is 2.69. The van der Waals surface area contributed by atoms with Crippen LogP contribution >= 0.6 is 11.3 Å². The molecule has 0 aliphatic carbocycles. The summed E-state index contributed by atoms with van der Waals surface area (Å²) in [5, 5.41) is 17.6. The predicted molar refractivity (Wildman–Crippen MR) is 79.7 cm³/mol. The maximum absolute atomic E-state index is 5.59. The van der Waals surface area contributed by atoms with Crippen molar-refractivity contribution in [2.75, 3.05) is 5.32 Å². The lowest BCUT2D eigenvalue weighted by molar-refractivity contribution is 0.383. The van der Waals surface area contributed by atoms with E-state index in [9.17, 15) is 0 Å². The summed E-state index contributed by atoms with van der Waals surface area (Å²) < 4.78 is 5.59. The van der Waals surface area contributed by atoms with Crippen molar-refractivity contribution in [2.24, 2.45) is 0 Å². The highest BCUT2D eigenvalue weighted by Gasteiger charge is 2.16. The highest BCUT2D eigenvalue weighted by Crippen LogP contribution is 2.23. The van der Waals surface area contributed by atoms with Gasteiger partial charge in [-0.15, -0.1) is 16.4 Å². The van der Waals surface area contributed by atoms with Crippen LogP contribution in [0.25, 0.3) is 0 Å². The molecule has 2 aromatic heterocycles. The lowest BCUT2D eigenvalue weighted by Crippen LogP contribution is -2.35. The summed E-state index contributed by atoms with van der Waals surface area (Å²) in [6, 6.07) is 0.552. The van der Waals surface area contributed by atoms with Gasteiger partial charge in [0.25, 0.3) is 0 Å². The van der Waals surface area contributed by atoms with Gasteiger partial charge in [-0.05, 0) is 27.2 Å². The van der Waals surface area contributed by atoms with Gasteiger partial charge in [0.1, 0.15) is 5.01 Å². The van der Waals surface area contributed by atoms with E-state index >= 15 is 0 Å². The number of rotatable bonds is 6. The molecule has 0 amide bonds. The summed E-state index contributed by atoms with van der Waals surface area (Å²) in [5.41, 5.74) is 0.0227. The third-order valence-corrected chi connectivity index (χ3v) is 3.58. The Morgan fingerprint density at radius 1 is 1.35 bits per heavy atom. The number of nitrogens with one attached hydrogen (secondary N) is 2. The molecule has 110 valence electrons. The first-order chi connectivity index (χ1) is 9.48. The number of aromatic nitrogens is 3. The Labute approximate surface area is 123 Å². The molecule has 2 N–H and O–H groups in total. The maximum atomic E-state index is 5.59. The van der Waals surface area contributed by atoms with Crippen LogP contribution < -0.4 is 10.6 Å². The zero-order valence-corrected chi connectivity index (χ0v) is 13.1. The molecule has 0 radical (unpaired) electrons. The molecule has 7 heteroatoms. The Kier molecular flexibility index (Phi) is 4.72. The Bertz CT molecular complexity index is 517. The van der Waals surface area contributed by atoms with Gasteiger partial charge in [0.15, 0.2) is 0 Å². The van der Waals surface area contributed by atoms with Crippen molar-refractivity contribution >= 4 is 17.4 Å². The van der Waals surface area contributed by atoms with Crippen LogP contribution in [-0.2, 0) is 6.54 Å². The Morgan fingerprint density at radius 3 is 2.75 bits per heavy atom. The molecular weight excluding hydrogens is 274 g/mol. The van der Waals surface area contributed by atoms with Crippen LogP contribution in [0, 0.1) is 0 Å². The van der Waals surface area contributed by atoms with Crippen LogP contribution in [0.2, 0.25) is 0 Å². The van der Waals surface area contributed by atoms with Crippen LogP contribution in [0.5, 0.6) is 0 Å². The van der Waals surface area contributed by atoms with Gasteiger partial charge < -0.3 is 15.1 Å². The van der Waals surface area contributed by atoms with Crippen molar-refractivity contribution in [1.29, 1.82) is 0 Å². The smallest absolute Gasteiger partial charge is 0.316 e. The first-order valence-electron chi connectivity index (χ1n) is 6.71. The average Bonchev–Trinajstić information content (AvgIpc) is 3.04. The van der Waals surface area contributed by atoms with E-state index in [-0.39, 0.29) is 11.6 Å². The lowest BCUT2D eigenvalue weighted by Gasteiger charge is -2.18. The van der Waals surface area contributed by atoms with Crippen molar-refractivity contribution in [3.05, 3.63) is 22.5 Å².